The molecule has 102 heavy (non-hydrogen) atoms. The van der Waals surface area contributed by atoms with Crippen molar-refractivity contribution in [3.05, 3.63) is 182 Å². The summed E-state index contributed by atoms with van der Waals surface area (Å²) in [6, 6.07) is 54.7. The van der Waals surface area contributed by atoms with E-state index in [4.69, 9.17) is 65.5 Å². The van der Waals surface area contributed by atoms with Crippen LogP contribution in [0.2, 0.25) is 0 Å². The number of hydrogen-bond acceptors (Lipinski definition) is 19. The fourth-order valence-corrected chi connectivity index (χ4v) is 14.8. The van der Waals surface area contributed by atoms with Crippen molar-refractivity contribution in [2.24, 2.45) is 5.73 Å². The maximum Gasteiger partial charge on any atom is 2.00 e. The molecule has 0 fully saturated rings. The number of rotatable bonds is 12. The number of aromatic amines is 4. The molecule has 18 rings (SSSR count). The van der Waals surface area contributed by atoms with Crippen LogP contribution >= 0.6 is 0 Å². The summed E-state index contributed by atoms with van der Waals surface area (Å²) in [5.41, 5.74) is 14.5. The Labute approximate surface area is 593 Å². The molecule has 26 heteroatoms. The summed E-state index contributed by atoms with van der Waals surface area (Å²) in [7, 11) is -9.73. The van der Waals surface area contributed by atoms with Crippen LogP contribution in [-0.4, -0.2) is 112 Å². The van der Waals surface area contributed by atoms with Gasteiger partial charge in [0.1, 0.15) is 65.4 Å². The molecule has 0 spiro atoms. The number of benzene rings is 8. The maximum atomic E-state index is 12.4. The summed E-state index contributed by atoms with van der Waals surface area (Å²) in [4.78, 5) is 70.4. The van der Waals surface area contributed by atoms with E-state index >= 15 is 0 Å². The van der Waals surface area contributed by atoms with E-state index in [1.54, 1.807) is 12.1 Å². The van der Waals surface area contributed by atoms with Gasteiger partial charge in [-0.1, -0.05) is 235 Å². The van der Waals surface area contributed by atoms with Gasteiger partial charge in [-0.2, -0.15) is 0 Å². The summed E-state index contributed by atoms with van der Waals surface area (Å²) in [5, 5.41) is 4.49. The first kappa shape index (κ1) is 66.6. The first-order valence-corrected chi connectivity index (χ1v) is 36.2. The molecule has 6 N–H and O–H groups in total. The Morgan fingerprint density at radius 1 is 0.284 bits per heavy atom. The molecule has 4 aliphatic rings. The van der Waals surface area contributed by atoms with Crippen molar-refractivity contribution in [3.8, 4) is 91.1 Å². The number of H-pyrrole nitrogens is 4. The first-order chi connectivity index (χ1) is 49.3. The zero-order valence-corrected chi connectivity index (χ0v) is 57.2. The van der Waals surface area contributed by atoms with Crippen LogP contribution < -0.4 is 5.73 Å². The molecular formula is C76H61CuN17O6S2. The van der Waals surface area contributed by atoms with E-state index in [1.807, 2.05) is 146 Å². The fourth-order valence-electron chi connectivity index (χ4n) is 13.4. The van der Waals surface area contributed by atoms with Gasteiger partial charge in [0.15, 0.2) is 46.6 Å². The Morgan fingerprint density at radius 2 is 0.500 bits per heavy atom. The SMILES string of the molecule is CCCCCCCCCCCCN.O=S(=O)([O-])c1cccc2c3nc4nc(nc5[nH]c(nc6nc(nc([nH]3)c12)-c1ccccc1-6)c1ccccc51)-c1ccccc1-4.O=S(=O)([O-])c1cccc2c3nc4nc(nc5[nH]c(nc6nc(nc([nH]3)c12)-c1ccccc1-6)c1ccccc51)-c1ccccc1-4.[Cu+2]. The second-order valence-electron chi connectivity index (χ2n) is 24.7. The van der Waals surface area contributed by atoms with Gasteiger partial charge in [-0.3, -0.25) is 0 Å². The molecule has 16 bridgehead atoms. The monoisotopic (exact) mass is 1430 g/mol. The summed E-state index contributed by atoms with van der Waals surface area (Å²) >= 11 is 0. The minimum Gasteiger partial charge on any atom is -0.744 e. The topological polar surface area (TPSA) is 358 Å². The van der Waals surface area contributed by atoms with Crippen LogP contribution in [0.1, 0.15) is 71.1 Å². The fraction of sp³-hybridized carbons (Fsp3) is 0.158. The van der Waals surface area contributed by atoms with E-state index < -0.39 is 30.0 Å². The first-order valence-electron chi connectivity index (χ1n) is 33.3. The molecule has 8 aromatic carbocycles. The van der Waals surface area contributed by atoms with E-state index in [0.717, 1.165) is 61.5 Å². The van der Waals surface area contributed by atoms with Crippen molar-refractivity contribution in [2.75, 3.05) is 6.54 Å². The average Bonchev–Trinajstić information content (AvgIpc) is 1.59. The van der Waals surface area contributed by atoms with Crippen LogP contribution in [-0.2, 0) is 37.3 Å². The van der Waals surface area contributed by atoms with Crippen LogP contribution in [0, 0.1) is 0 Å². The van der Waals surface area contributed by atoms with Crippen LogP contribution in [0.5, 0.6) is 0 Å². The molecule has 0 unspecified atom stereocenters. The number of hydrogen-bond donors (Lipinski definition) is 5. The molecule has 509 valence electrons. The predicted octanol–water partition coefficient (Wildman–Crippen LogP) is 15.4. The Morgan fingerprint density at radius 3 is 0.755 bits per heavy atom. The Hall–Kier alpha value is -11.2. The number of nitrogens with two attached hydrogens (primary N) is 1. The minimum atomic E-state index is -4.87. The number of nitrogens with one attached hydrogen (secondary N) is 4. The van der Waals surface area contributed by atoms with Gasteiger partial charge in [0.05, 0.1) is 9.79 Å². The predicted molar refractivity (Wildman–Crippen MR) is 389 cm³/mol. The third-order valence-corrected chi connectivity index (χ3v) is 19.9. The minimum absolute atomic E-state index is 0. The molecule has 1 radical (unpaired) electrons. The molecule has 0 saturated heterocycles. The Bertz CT molecular complexity index is 5910. The van der Waals surface area contributed by atoms with Gasteiger partial charge in [0.25, 0.3) is 0 Å². The zero-order chi connectivity index (χ0) is 68.9. The molecule has 0 aliphatic carbocycles. The molecule has 14 aromatic rings. The van der Waals surface area contributed by atoms with E-state index in [9.17, 15) is 25.9 Å². The molecule has 6 aromatic heterocycles. The second-order valence-corrected chi connectivity index (χ2v) is 27.4. The maximum absolute atomic E-state index is 12.4. The number of aromatic nitrogens is 16. The van der Waals surface area contributed by atoms with Crippen LogP contribution in [0.25, 0.3) is 179 Å². The number of unbranched alkanes of at least 4 members (excludes halogenated alkanes) is 9. The average molecular weight is 1440 g/mol. The third kappa shape index (κ3) is 12.6. The van der Waals surface area contributed by atoms with E-state index in [1.165, 1.54) is 88.5 Å². The molecule has 0 amide bonds. The van der Waals surface area contributed by atoms with Gasteiger partial charge in [0.2, 0.25) is 0 Å². The number of fused-ring (bicyclic) bond motifs is 40. The van der Waals surface area contributed by atoms with Crippen LogP contribution in [0.4, 0.5) is 0 Å². The molecular weight excluding hydrogens is 1370 g/mol. The van der Waals surface area contributed by atoms with Crippen LogP contribution in [0.3, 0.4) is 0 Å². The summed E-state index contributed by atoms with van der Waals surface area (Å²) in [6.45, 7) is 3.14. The third-order valence-electron chi connectivity index (χ3n) is 18.2. The summed E-state index contributed by atoms with van der Waals surface area (Å²) < 4.78 is 74.5. The Kier molecular flexibility index (Phi) is 18.1. The largest absolute Gasteiger partial charge is 2.00 e. The normalized spacial score (nSPS) is 12.0. The number of nitrogens with zero attached hydrogens (tertiary/aromatic N) is 12. The van der Waals surface area contributed by atoms with Crippen molar-refractivity contribution in [1.82, 2.24) is 79.7 Å². The second kappa shape index (κ2) is 27.7. The van der Waals surface area contributed by atoms with Gasteiger partial charge in [-0.05, 0) is 25.1 Å². The van der Waals surface area contributed by atoms with Gasteiger partial charge in [-0.15, -0.1) is 0 Å². The van der Waals surface area contributed by atoms with E-state index in [0.29, 0.717) is 102 Å². The van der Waals surface area contributed by atoms with Crippen molar-refractivity contribution >= 4 is 109 Å². The smallest absolute Gasteiger partial charge is 0.744 e. The zero-order valence-electron chi connectivity index (χ0n) is 54.6. The van der Waals surface area contributed by atoms with Gasteiger partial charge < -0.3 is 34.8 Å². The summed E-state index contributed by atoms with van der Waals surface area (Å²) in [5.74, 6) is 3.09. The quantitative estimate of drug-likeness (QED) is 0.0431. The molecule has 0 saturated carbocycles. The molecule has 23 nitrogen and oxygen atoms in total. The van der Waals surface area contributed by atoms with Crippen molar-refractivity contribution in [3.63, 3.8) is 0 Å². The molecule has 10 heterocycles. The van der Waals surface area contributed by atoms with Crippen LogP contribution in [0.15, 0.2) is 192 Å². The molecule has 0 atom stereocenters. The summed E-state index contributed by atoms with van der Waals surface area (Å²) in [6.07, 6.45) is 13.9. The van der Waals surface area contributed by atoms with Gasteiger partial charge in [-0.25, -0.2) is 76.6 Å². The van der Waals surface area contributed by atoms with E-state index in [-0.39, 0.29) is 39.1 Å². The van der Waals surface area contributed by atoms with Crippen molar-refractivity contribution < 1.29 is 43.0 Å². The standard InChI is InChI=1S/2C32H18N8O3S.C12H27N.Cu/c2*41-44(42,43)23-15-7-14-22-24(23)32-39-30-21-13-6-5-12-20(21)28(37-30)35-26-17-9-2-1-8-16(17)25(33-26)34-27-18-10-3-4-11-19(18)29(36-27)38-31(22)40-32;1-2-3-4-5-6-7-8-9-10-11-12-13;/h2*1-15H,(H,41,42,43)(H2,33,34,35,36,37,38,39,40);2-13H2,1H3;/q;;;+2/p-2. The van der Waals surface area contributed by atoms with Crippen molar-refractivity contribution in [1.29, 1.82) is 0 Å². The van der Waals surface area contributed by atoms with Crippen molar-refractivity contribution in [2.45, 2.75) is 80.9 Å². The van der Waals surface area contributed by atoms with E-state index in [2.05, 4.69) is 26.9 Å². The van der Waals surface area contributed by atoms with Gasteiger partial charge in [0, 0.05) is 87.6 Å². The van der Waals surface area contributed by atoms with Gasteiger partial charge >= 0.3 is 17.1 Å². The molecule has 4 aliphatic heterocycles. The Balaban J connectivity index is 0.000000140.